The Kier molecular flexibility index (Phi) is 5.58. The van der Waals surface area contributed by atoms with Crippen LogP contribution in [0.25, 0.3) is 11.0 Å². The zero-order valence-electron chi connectivity index (χ0n) is 16.5. The largest absolute Gasteiger partial charge is 0.345 e. The summed E-state index contributed by atoms with van der Waals surface area (Å²) in [5.74, 6) is -0.0822. The van der Waals surface area contributed by atoms with Crippen molar-refractivity contribution in [3.8, 4) is 0 Å². The molecule has 3 amide bonds. The Morgan fingerprint density at radius 3 is 2.64 bits per heavy atom. The van der Waals surface area contributed by atoms with Gasteiger partial charge in [-0.15, -0.1) is 5.10 Å². The highest BCUT2D eigenvalue weighted by molar-refractivity contribution is 5.97. The van der Waals surface area contributed by atoms with Crippen molar-refractivity contribution in [2.24, 2.45) is 0 Å². The van der Waals surface area contributed by atoms with E-state index in [0.717, 1.165) is 22.3 Å². The van der Waals surface area contributed by atoms with Crippen LogP contribution in [0.5, 0.6) is 0 Å². The number of fused-ring (bicyclic) bond motifs is 1. The Morgan fingerprint density at radius 2 is 1.89 bits per heavy atom. The van der Waals surface area contributed by atoms with Gasteiger partial charge in [0.25, 0.3) is 5.91 Å². The Labute approximate surface area is 163 Å². The number of hydrogen-bond donors (Lipinski definition) is 2. The maximum Gasteiger partial charge on any atom is 0.319 e. The van der Waals surface area contributed by atoms with Crippen LogP contribution in [0.4, 0.5) is 10.5 Å². The van der Waals surface area contributed by atoms with Crippen molar-refractivity contribution in [1.29, 1.82) is 0 Å². The van der Waals surface area contributed by atoms with E-state index < -0.39 is 0 Å². The summed E-state index contributed by atoms with van der Waals surface area (Å²) < 4.78 is 1.71. The first-order valence-corrected chi connectivity index (χ1v) is 9.02. The molecule has 0 saturated heterocycles. The third-order valence-corrected chi connectivity index (χ3v) is 4.42. The molecule has 8 nitrogen and oxygen atoms in total. The van der Waals surface area contributed by atoms with Crippen molar-refractivity contribution in [2.75, 3.05) is 26.0 Å². The van der Waals surface area contributed by atoms with Crippen LogP contribution >= 0.6 is 0 Å². The molecule has 0 saturated carbocycles. The molecule has 2 N–H and O–H groups in total. The summed E-state index contributed by atoms with van der Waals surface area (Å²) in [7, 11) is 3.41. The fourth-order valence-electron chi connectivity index (χ4n) is 2.84. The molecular formula is C20H24N6O2. The minimum Gasteiger partial charge on any atom is -0.345 e. The molecular weight excluding hydrogens is 356 g/mol. The second-order valence-electron chi connectivity index (χ2n) is 6.91. The number of hydrogen-bond acceptors (Lipinski definition) is 4. The minimum absolute atomic E-state index is 0.0822. The van der Waals surface area contributed by atoms with Gasteiger partial charge in [-0.1, -0.05) is 17.3 Å². The molecule has 0 bridgehead atoms. The highest BCUT2D eigenvalue weighted by Crippen LogP contribution is 2.16. The number of aryl methyl sites for hydroxylation is 2. The van der Waals surface area contributed by atoms with Gasteiger partial charge in [-0.2, -0.15) is 0 Å². The third-order valence-electron chi connectivity index (χ3n) is 4.42. The number of benzene rings is 2. The molecule has 0 fully saturated rings. The predicted octanol–water partition coefficient (Wildman–Crippen LogP) is 2.57. The quantitative estimate of drug-likeness (QED) is 0.712. The van der Waals surface area contributed by atoms with Gasteiger partial charge >= 0.3 is 6.03 Å². The first kappa shape index (κ1) is 19.3. The topological polar surface area (TPSA) is 92.1 Å². The molecule has 2 aromatic carbocycles. The smallest absolute Gasteiger partial charge is 0.319 e. The van der Waals surface area contributed by atoms with Crippen molar-refractivity contribution in [2.45, 2.75) is 20.4 Å². The first-order valence-electron chi connectivity index (χ1n) is 9.02. The molecule has 0 unspecified atom stereocenters. The van der Waals surface area contributed by atoms with Crippen LogP contribution in [0.3, 0.4) is 0 Å². The van der Waals surface area contributed by atoms with Crippen LogP contribution in [-0.4, -0.2) is 52.5 Å². The van der Waals surface area contributed by atoms with Crippen molar-refractivity contribution >= 4 is 28.7 Å². The number of carbonyl (C=O) groups is 2. The van der Waals surface area contributed by atoms with Gasteiger partial charge in [-0.3, -0.25) is 4.79 Å². The predicted molar refractivity (Wildman–Crippen MR) is 108 cm³/mol. The van der Waals surface area contributed by atoms with E-state index in [9.17, 15) is 9.59 Å². The van der Waals surface area contributed by atoms with E-state index in [1.165, 1.54) is 4.90 Å². The second kappa shape index (κ2) is 8.08. The van der Waals surface area contributed by atoms with Crippen LogP contribution in [0, 0.1) is 13.8 Å². The molecule has 0 atom stereocenters. The summed E-state index contributed by atoms with van der Waals surface area (Å²) in [5.41, 5.74) is 4.91. The SMILES string of the molecule is Cc1ccc(C)c(NC(=O)NCCn2nnc3cc(C(=O)N(C)C)ccc32)c1. The van der Waals surface area contributed by atoms with E-state index in [0.29, 0.717) is 24.2 Å². The zero-order valence-corrected chi connectivity index (χ0v) is 16.5. The molecule has 0 radical (unpaired) electrons. The van der Waals surface area contributed by atoms with E-state index in [1.54, 1.807) is 30.9 Å². The van der Waals surface area contributed by atoms with Crippen molar-refractivity contribution < 1.29 is 9.59 Å². The van der Waals surface area contributed by atoms with Gasteiger partial charge in [-0.05, 0) is 49.2 Å². The van der Waals surface area contributed by atoms with Gasteiger partial charge in [0, 0.05) is 31.9 Å². The van der Waals surface area contributed by atoms with Crippen LogP contribution in [0.2, 0.25) is 0 Å². The number of anilines is 1. The minimum atomic E-state index is -0.267. The summed E-state index contributed by atoms with van der Waals surface area (Å²) in [4.78, 5) is 25.7. The van der Waals surface area contributed by atoms with Gasteiger partial charge in [0.15, 0.2) is 0 Å². The molecule has 0 aliphatic heterocycles. The molecule has 146 valence electrons. The van der Waals surface area contributed by atoms with E-state index in [-0.39, 0.29) is 11.9 Å². The number of carbonyl (C=O) groups excluding carboxylic acids is 2. The van der Waals surface area contributed by atoms with Crippen LogP contribution in [0.1, 0.15) is 21.5 Å². The van der Waals surface area contributed by atoms with Crippen LogP contribution < -0.4 is 10.6 Å². The summed E-state index contributed by atoms with van der Waals surface area (Å²) >= 11 is 0. The maximum atomic E-state index is 12.1. The van der Waals surface area contributed by atoms with E-state index in [2.05, 4.69) is 20.9 Å². The number of nitrogens with one attached hydrogen (secondary N) is 2. The highest BCUT2D eigenvalue weighted by atomic mass is 16.2. The fourth-order valence-corrected chi connectivity index (χ4v) is 2.84. The number of urea groups is 1. The Bertz CT molecular complexity index is 1020. The van der Waals surface area contributed by atoms with Gasteiger partial charge in [-0.25, -0.2) is 9.48 Å². The van der Waals surface area contributed by atoms with E-state index in [1.807, 2.05) is 38.1 Å². The Hall–Kier alpha value is -3.42. The molecule has 0 spiro atoms. The Morgan fingerprint density at radius 1 is 1.11 bits per heavy atom. The lowest BCUT2D eigenvalue weighted by molar-refractivity contribution is 0.0827. The maximum absolute atomic E-state index is 12.1. The molecule has 0 aliphatic rings. The molecule has 3 rings (SSSR count). The molecule has 28 heavy (non-hydrogen) atoms. The molecule has 1 heterocycles. The highest BCUT2D eigenvalue weighted by Gasteiger charge is 2.12. The normalized spacial score (nSPS) is 10.7. The average Bonchev–Trinajstić information content (AvgIpc) is 3.06. The Balaban J connectivity index is 1.60. The van der Waals surface area contributed by atoms with E-state index in [4.69, 9.17) is 0 Å². The zero-order chi connectivity index (χ0) is 20.3. The van der Waals surface area contributed by atoms with Gasteiger partial charge in [0.1, 0.15) is 5.52 Å². The van der Waals surface area contributed by atoms with Gasteiger partial charge < -0.3 is 15.5 Å². The van der Waals surface area contributed by atoms with Crippen LogP contribution in [0.15, 0.2) is 36.4 Å². The summed E-state index contributed by atoms with van der Waals surface area (Å²) in [6, 6.07) is 11.0. The van der Waals surface area contributed by atoms with Gasteiger partial charge in [0.05, 0.1) is 12.1 Å². The summed E-state index contributed by atoms with van der Waals surface area (Å²) in [6.45, 7) is 4.80. The molecule has 8 heteroatoms. The fraction of sp³-hybridized carbons (Fsp3) is 0.300. The lowest BCUT2D eigenvalue weighted by Crippen LogP contribution is -2.32. The van der Waals surface area contributed by atoms with Crippen LogP contribution in [-0.2, 0) is 6.54 Å². The number of aromatic nitrogens is 3. The van der Waals surface area contributed by atoms with Gasteiger partial charge in [0.2, 0.25) is 0 Å². The lowest BCUT2D eigenvalue weighted by Gasteiger charge is -2.11. The number of amides is 3. The second-order valence-corrected chi connectivity index (χ2v) is 6.91. The van der Waals surface area contributed by atoms with Crippen molar-refractivity contribution in [1.82, 2.24) is 25.2 Å². The van der Waals surface area contributed by atoms with Crippen molar-refractivity contribution in [3.05, 3.63) is 53.1 Å². The summed E-state index contributed by atoms with van der Waals surface area (Å²) in [6.07, 6.45) is 0. The molecule has 0 aliphatic carbocycles. The summed E-state index contributed by atoms with van der Waals surface area (Å²) in [5, 5.41) is 13.9. The van der Waals surface area contributed by atoms with Crippen molar-refractivity contribution in [3.63, 3.8) is 0 Å². The standard InChI is InChI=1S/C20H24N6O2/c1-13-5-6-14(2)16(11-13)22-20(28)21-9-10-26-18-8-7-15(19(27)25(3)4)12-17(18)23-24-26/h5-8,11-12H,9-10H2,1-4H3,(H2,21,22,28). The molecule has 1 aromatic heterocycles. The first-order chi connectivity index (χ1) is 13.3. The lowest BCUT2D eigenvalue weighted by atomic mass is 10.1. The number of rotatable bonds is 5. The average molecular weight is 380 g/mol. The number of nitrogens with zero attached hydrogens (tertiary/aromatic N) is 4. The monoisotopic (exact) mass is 380 g/mol. The third kappa shape index (κ3) is 4.28. The van der Waals surface area contributed by atoms with E-state index >= 15 is 0 Å². The molecule has 3 aromatic rings.